The Hall–Kier alpha value is 0.368. The van der Waals surface area contributed by atoms with E-state index in [0.717, 1.165) is 0 Å². The average Bonchev–Trinajstić information content (AvgIpc) is 1.00. The third-order valence-electron chi connectivity index (χ3n) is 0. The normalized spacial score (nSPS) is 1.00. The molecule has 0 amide bonds. The molecule has 0 saturated heterocycles. The molecule has 0 heterocycles. The zero-order chi connectivity index (χ0) is 2.00. The van der Waals surface area contributed by atoms with Crippen LogP contribution in [0.15, 0.2) is 0 Å². The van der Waals surface area contributed by atoms with Gasteiger partial charge in [-0.05, 0) is 0 Å². The number of rotatable bonds is 0. The van der Waals surface area contributed by atoms with E-state index in [1.54, 1.807) is 0 Å². The fourth-order valence-electron chi connectivity index (χ4n) is 0. The first-order valence-corrected chi connectivity index (χ1v) is 0.236. The molecule has 6 heavy (non-hydrogen) atoms. The topological polar surface area (TPSA) is 107 Å². The second kappa shape index (κ2) is 755. The van der Waals surface area contributed by atoms with E-state index in [1.165, 1.54) is 0 Å². The number of hydrogen-bond acceptors (Lipinski definition) is 4. The van der Waals surface area contributed by atoms with Crippen LogP contribution in [-0.2, 0) is 24.2 Å². The summed E-state index contributed by atoms with van der Waals surface area (Å²) in [6.45, 7) is 0. The van der Waals surface area contributed by atoms with Crippen LogP contribution in [0.3, 0.4) is 0 Å². The van der Waals surface area contributed by atoms with Crippen LogP contribution in [0.2, 0.25) is 0 Å². The molecule has 3 N–H and O–H groups in total. The number of hydrogen-bond donors (Lipinski definition) is 0. The molecule has 0 spiro atoms. The van der Waals surface area contributed by atoms with Crippen LogP contribution in [0, 0.1) is 0 Å². The molecule has 0 rings (SSSR count). The molecule has 0 unspecified atom stereocenters. The van der Waals surface area contributed by atoms with Gasteiger partial charge < -0.3 is 16.4 Å². The Balaban J connectivity index is -0.000000000833. The Labute approximate surface area is 49.0 Å². The standard InChI is InChI=1S/BO.3H2O.Zn/c1-2;;;;/h;3*1H2;/q+1;;;;+2/p-3. The molecule has 0 fully saturated rings. The first-order chi connectivity index (χ1) is 1.00. The van der Waals surface area contributed by atoms with Crippen molar-refractivity contribution in [3.05, 3.63) is 0 Å². The minimum atomic E-state index is 0. The molecule has 0 radical (unpaired) electrons. The summed E-state index contributed by atoms with van der Waals surface area (Å²) in [5.74, 6) is 0. The smallest absolute Gasteiger partial charge is 0.870 e. The summed E-state index contributed by atoms with van der Waals surface area (Å²) in [4.78, 5) is 0. The van der Waals surface area contributed by atoms with Gasteiger partial charge in [0.05, 0.1) is 0 Å². The van der Waals surface area contributed by atoms with Gasteiger partial charge in [0.1, 0.15) is 0 Å². The zero-order valence-corrected chi connectivity index (χ0v) is 6.00. The largest absolute Gasteiger partial charge is 2.00 e. The first-order valence-electron chi connectivity index (χ1n) is 0.236. The minimum Gasteiger partial charge on any atom is -0.870 e. The summed E-state index contributed by atoms with van der Waals surface area (Å²) >= 11 is 0. The SMILES string of the molecule is [B+]=O.[OH-].[OH-].[OH-].[Zn+2]. The Morgan fingerprint density at radius 1 is 0.833 bits per heavy atom. The zero-order valence-electron chi connectivity index (χ0n) is 3.03. The van der Waals surface area contributed by atoms with Gasteiger partial charge in [0.15, 0.2) is 0 Å². The van der Waals surface area contributed by atoms with E-state index in [1.807, 2.05) is 0 Å². The molecule has 6 heteroatoms. The average molecular weight is 143 g/mol. The Kier molecular flexibility index (Phi) is 12300. The molecule has 0 saturated carbocycles. The third kappa shape index (κ3) is 365. The monoisotopic (exact) mass is 142 g/mol. The minimum absolute atomic E-state index is 0. The van der Waals surface area contributed by atoms with Crippen molar-refractivity contribution in [3.63, 3.8) is 0 Å². The van der Waals surface area contributed by atoms with Crippen LogP contribution in [0.1, 0.15) is 0 Å². The van der Waals surface area contributed by atoms with Gasteiger partial charge in [-0.1, -0.05) is 0 Å². The maximum Gasteiger partial charge on any atom is 2.00 e. The molecule has 0 aromatic carbocycles. The van der Waals surface area contributed by atoms with Crippen LogP contribution in [0.25, 0.3) is 0 Å². The van der Waals surface area contributed by atoms with Crippen molar-refractivity contribution < 1.29 is 40.6 Å². The van der Waals surface area contributed by atoms with Gasteiger partial charge in [0, 0.05) is 0 Å². The van der Waals surface area contributed by atoms with Crippen LogP contribution >= 0.6 is 0 Å². The van der Waals surface area contributed by atoms with E-state index in [-0.39, 0.29) is 35.9 Å². The molecule has 0 aromatic rings. The van der Waals surface area contributed by atoms with Gasteiger partial charge in [-0.2, -0.15) is 0 Å². The van der Waals surface area contributed by atoms with Gasteiger partial charge in [-0.15, -0.1) is 0 Å². The van der Waals surface area contributed by atoms with Crippen molar-refractivity contribution in [2.24, 2.45) is 0 Å². The second-order valence-electron chi connectivity index (χ2n) is 0. The molecule has 0 aromatic heterocycles. The molecule has 4 nitrogen and oxygen atoms in total. The van der Waals surface area contributed by atoms with Gasteiger partial charge in [-0.3, -0.25) is 0 Å². The van der Waals surface area contributed by atoms with E-state index in [2.05, 4.69) is 7.72 Å². The van der Waals surface area contributed by atoms with E-state index < -0.39 is 0 Å². The summed E-state index contributed by atoms with van der Waals surface area (Å²) in [7, 11) is 3.25. The quantitative estimate of drug-likeness (QED) is 0.404. The fraction of sp³-hybridized carbons (Fsp3) is 0. The molecular formula is H3BO4Zn. The van der Waals surface area contributed by atoms with E-state index in [4.69, 9.17) is 4.70 Å². The molecular weight excluding hydrogens is 140 g/mol. The maximum atomic E-state index is 7.75. The van der Waals surface area contributed by atoms with E-state index >= 15 is 0 Å². The molecule has 0 aliphatic rings. The summed E-state index contributed by atoms with van der Waals surface area (Å²) in [5, 5.41) is 0. The van der Waals surface area contributed by atoms with Crippen molar-refractivity contribution in [1.29, 1.82) is 0 Å². The van der Waals surface area contributed by atoms with Crippen molar-refractivity contribution in [2.45, 2.75) is 0 Å². The molecule has 0 aliphatic heterocycles. The van der Waals surface area contributed by atoms with Crippen molar-refractivity contribution in [1.82, 2.24) is 0 Å². The van der Waals surface area contributed by atoms with Crippen LogP contribution < -0.4 is 0 Å². The first kappa shape index (κ1) is 98.0. The Morgan fingerprint density at radius 2 is 0.833 bits per heavy atom. The Morgan fingerprint density at radius 3 is 0.833 bits per heavy atom. The maximum absolute atomic E-state index is 7.75. The van der Waals surface area contributed by atoms with Crippen LogP contribution in [-0.4, -0.2) is 24.1 Å². The van der Waals surface area contributed by atoms with Crippen LogP contribution in [0.5, 0.6) is 0 Å². The van der Waals surface area contributed by atoms with Crippen molar-refractivity contribution >= 4 is 7.72 Å². The van der Waals surface area contributed by atoms with Gasteiger partial charge in [-0.25, -0.2) is 0 Å². The second-order valence-corrected chi connectivity index (χ2v) is 0. The summed E-state index contributed by atoms with van der Waals surface area (Å²) < 4.78 is 7.75. The summed E-state index contributed by atoms with van der Waals surface area (Å²) in [6, 6.07) is 0. The third-order valence-corrected chi connectivity index (χ3v) is 0. The van der Waals surface area contributed by atoms with Gasteiger partial charge in [0.25, 0.3) is 0 Å². The fourth-order valence-corrected chi connectivity index (χ4v) is 0. The molecule has 0 atom stereocenters. The van der Waals surface area contributed by atoms with Crippen molar-refractivity contribution in [3.8, 4) is 0 Å². The molecule has 0 bridgehead atoms. The molecule has 32 valence electrons. The summed E-state index contributed by atoms with van der Waals surface area (Å²) in [5.41, 5.74) is 0. The molecule has 0 aliphatic carbocycles. The Bertz CT molecular complexity index is 7.51. The van der Waals surface area contributed by atoms with Crippen molar-refractivity contribution in [2.75, 3.05) is 0 Å². The summed E-state index contributed by atoms with van der Waals surface area (Å²) in [6.07, 6.45) is 0. The predicted molar refractivity (Wildman–Crippen MR) is 12.2 cm³/mol. The van der Waals surface area contributed by atoms with E-state index in [0.29, 0.717) is 0 Å². The van der Waals surface area contributed by atoms with Crippen LogP contribution in [0.4, 0.5) is 0 Å². The van der Waals surface area contributed by atoms with Gasteiger partial charge >= 0.3 is 31.9 Å². The van der Waals surface area contributed by atoms with Gasteiger partial charge in [0.2, 0.25) is 0 Å². The predicted octanol–water partition coefficient (Wildman–Crippen LogP) is -1.03. The van der Waals surface area contributed by atoms with E-state index in [9.17, 15) is 0 Å².